The Morgan fingerprint density at radius 2 is 0.726 bits per heavy atom. The van der Waals surface area contributed by atoms with Crippen LogP contribution in [0.25, 0.3) is 43.6 Å². The van der Waals surface area contributed by atoms with Crippen LogP contribution in [0, 0.1) is 0 Å². The lowest BCUT2D eigenvalue weighted by molar-refractivity contribution is 0.113. The first-order valence-corrected chi connectivity index (χ1v) is 20.7. The minimum absolute atomic E-state index is 0.0904. The molecule has 0 N–H and O–H groups in total. The second kappa shape index (κ2) is 18.2. The molecule has 0 aliphatic heterocycles. The highest BCUT2D eigenvalue weighted by molar-refractivity contribution is 5.82. The second-order valence-electron chi connectivity index (χ2n) is 15.4. The van der Waals surface area contributed by atoms with Crippen molar-refractivity contribution in [2.45, 2.75) is 32.2 Å². The van der Waals surface area contributed by atoms with Gasteiger partial charge in [0, 0.05) is 60.3 Å². The van der Waals surface area contributed by atoms with Gasteiger partial charge < -0.3 is 18.9 Å². The van der Waals surface area contributed by atoms with E-state index in [4.69, 9.17) is 38.9 Å². The molecule has 0 saturated carbocycles. The third-order valence-corrected chi connectivity index (χ3v) is 11.4. The van der Waals surface area contributed by atoms with Crippen molar-refractivity contribution >= 4 is 43.6 Å². The lowest BCUT2D eigenvalue weighted by Crippen LogP contribution is -2.38. The quantitative estimate of drug-likeness (QED) is 0.0938. The van der Waals surface area contributed by atoms with Gasteiger partial charge in [-0.05, 0) is 103 Å². The Kier molecular flexibility index (Phi) is 11.8. The van der Waals surface area contributed by atoms with Crippen LogP contribution in [0.2, 0.25) is 0 Å². The van der Waals surface area contributed by atoms with Crippen LogP contribution < -0.4 is 18.9 Å². The zero-order valence-corrected chi connectivity index (χ0v) is 35.4. The van der Waals surface area contributed by atoms with Gasteiger partial charge in [0.05, 0.1) is 73.3 Å². The molecule has 0 aliphatic carbocycles. The molecule has 0 radical (unpaired) electrons. The number of pyridine rings is 4. The molecule has 0 amide bonds. The van der Waals surface area contributed by atoms with E-state index in [9.17, 15) is 0 Å². The Hall–Kier alpha value is -7.14. The highest BCUT2D eigenvalue weighted by Crippen LogP contribution is 2.30. The number of methoxy groups -OCH3 is 4. The van der Waals surface area contributed by atoms with Crippen molar-refractivity contribution in [3.8, 4) is 23.0 Å². The highest BCUT2D eigenvalue weighted by atomic mass is 16.5. The summed E-state index contributed by atoms with van der Waals surface area (Å²) in [7, 11) is 6.75. The summed E-state index contributed by atoms with van der Waals surface area (Å²) in [5, 5.41) is 4.11. The molecule has 1 unspecified atom stereocenters. The summed E-state index contributed by atoms with van der Waals surface area (Å²) in [6.07, 6.45) is 0. The molecule has 0 saturated heterocycles. The molecule has 1 atom stereocenters. The Morgan fingerprint density at radius 1 is 0.387 bits per heavy atom. The predicted molar refractivity (Wildman–Crippen MR) is 246 cm³/mol. The first-order valence-electron chi connectivity index (χ1n) is 20.7. The van der Waals surface area contributed by atoms with Gasteiger partial charge in [0.2, 0.25) is 0 Å². The van der Waals surface area contributed by atoms with Crippen LogP contribution in [0.15, 0.2) is 152 Å². The molecule has 0 aliphatic rings. The molecule has 5 aromatic carbocycles. The van der Waals surface area contributed by atoms with Gasteiger partial charge >= 0.3 is 0 Å². The number of hydrogen-bond donors (Lipinski definition) is 0. The normalized spacial score (nSPS) is 12.1. The summed E-state index contributed by atoms with van der Waals surface area (Å²) in [5.74, 6) is 3.22. The van der Waals surface area contributed by atoms with E-state index in [0.29, 0.717) is 32.7 Å². The van der Waals surface area contributed by atoms with Crippen LogP contribution in [-0.2, 0) is 26.2 Å². The Balaban J connectivity index is 1.12. The van der Waals surface area contributed by atoms with Crippen LogP contribution in [-0.4, -0.2) is 64.7 Å². The maximum Gasteiger partial charge on any atom is 0.119 e. The van der Waals surface area contributed by atoms with Crippen molar-refractivity contribution < 1.29 is 18.9 Å². The second-order valence-corrected chi connectivity index (χ2v) is 15.4. The number of hydrogen-bond acceptors (Lipinski definition) is 10. The van der Waals surface area contributed by atoms with Crippen molar-refractivity contribution in [3.05, 3.63) is 180 Å². The maximum atomic E-state index is 5.52. The zero-order chi connectivity index (χ0) is 42.4. The van der Waals surface area contributed by atoms with E-state index in [-0.39, 0.29) is 6.04 Å². The molecule has 10 nitrogen and oxygen atoms in total. The van der Waals surface area contributed by atoms with Crippen molar-refractivity contribution in [2.75, 3.05) is 35.0 Å². The average molecular weight is 821 g/mol. The summed E-state index contributed by atoms with van der Waals surface area (Å²) in [6, 6.07) is 51.7. The summed E-state index contributed by atoms with van der Waals surface area (Å²) in [6.45, 7) is 2.99. The molecule has 10 heteroatoms. The lowest BCUT2D eigenvalue weighted by Gasteiger charge is -2.36. The van der Waals surface area contributed by atoms with Crippen molar-refractivity contribution in [3.63, 3.8) is 0 Å². The van der Waals surface area contributed by atoms with E-state index < -0.39 is 0 Å². The van der Waals surface area contributed by atoms with Crippen molar-refractivity contribution in [2.24, 2.45) is 0 Å². The van der Waals surface area contributed by atoms with Crippen LogP contribution in [0.4, 0.5) is 0 Å². The van der Waals surface area contributed by atoms with Gasteiger partial charge in [-0.25, -0.2) is 0 Å². The Morgan fingerprint density at radius 3 is 1.06 bits per heavy atom. The molecule has 0 bridgehead atoms. The van der Waals surface area contributed by atoms with Crippen molar-refractivity contribution in [1.82, 2.24) is 29.7 Å². The number of aromatic nitrogens is 4. The smallest absolute Gasteiger partial charge is 0.119 e. The molecular weight excluding hydrogens is 773 g/mol. The van der Waals surface area contributed by atoms with Gasteiger partial charge in [-0.15, -0.1) is 0 Å². The van der Waals surface area contributed by atoms with Gasteiger partial charge in [0.15, 0.2) is 0 Å². The Bertz CT molecular complexity index is 2820. The van der Waals surface area contributed by atoms with Gasteiger partial charge in [-0.2, -0.15) is 0 Å². The molecule has 9 aromatic rings. The monoisotopic (exact) mass is 820 g/mol. The molecule has 4 aromatic heterocycles. The minimum atomic E-state index is -0.0904. The van der Waals surface area contributed by atoms with Crippen LogP contribution >= 0.6 is 0 Å². The topological polar surface area (TPSA) is 95.0 Å². The van der Waals surface area contributed by atoms with Crippen LogP contribution in [0.5, 0.6) is 23.0 Å². The standard InChI is InChI=1S/C52H48N6O4/c1-59-44-18-22-48-36(26-44)10-14-40(53-48)30-57(31-41-15-11-37-27-45(60-2)19-23-49(37)54-41)34-52(35-8-6-5-7-9-35)58(32-42-16-12-38-28-46(61-3)20-24-50(38)55-42)33-43-17-13-39-29-47(62-4)21-25-51(39)56-43/h5-29,52H,30-34H2,1-4H3. The van der Waals surface area contributed by atoms with Crippen LogP contribution in [0.1, 0.15) is 34.4 Å². The largest absolute Gasteiger partial charge is 0.497 e. The van der Waals surface area contributed by atoms with E-state index >= 15 is 0 Å². The predicted octanol–water partition coefficient (Wildman–Crippen LogP) is 10.4. The minimum Gasteiger partial charge on any atom is -0.497 e. The fourth-order valence-corrected chi connectivity index (χ4v) is 8.13. The molecule has 310 valence electrons. The first kappa shape index (κ1) is 40.3. The number of benzene rings is 5. The SMILES string of the molecule is COc1ccc2nc(CN(Cc3ccc4cc(OC)ccc4n3)CC(c3ccccc3)N(Cc3ccc4cc(OC)ccc4n3)Cc3ccc4cc(OC)ccc4n3)ccc2c1. The summed E-state index contributed by atoms with van der Waals surface area (Å²) >= 11 is 0. The van der Waals surface area contributed by atoms with Crippen molar-refractivity contribution in [1.29, 1.82) is 0 Å². The first-order chi connectivity index (χ1) is 30.4. The summed E-state index contributed by atoms with van der Waals surface area (Å²) in [5.41, 5.74) is 8.69. The van der Waals surface area contributed by atoms with Gasteiger partial charge in [0.25, 0.3) is 0 Å². The number of fused-ring (bicyclic) bond motifs is 4. The summed E-state index contributed by atoms with van der Waals surface area (Å²) in [4.78, 5) is 25.7. The van der Waals surface area contributed by atoms with Gasteiger partial charge in [-0.3, -0.25) is 29.7 Å². The molecule has 9 rings (SSSR count). The molecule has 0 spiro atoms. The average Bonchev–Trinajstić information content (AvgIpc) is 3.32. The van der Waals surface area contributed by atoms with E-state index in [0.717, 1.165) is 89.4 Å². The Labute approximate surface area is 361 Å². The van der Waals surface area contributed by atoms with Crippen LogP contribution in [0.3, 0.4) is 0 Å². The summed E-state index contributed by atoms with van der Waals surface area (Å²) < 4.78 is 22.0. The third kappa shape index (κ3) is 9.12. The fourth-order valence-electron chi connectivity index (χ4n) is 8.13. The zero-order valence-electron chi connectivity index (χ0n) is 35.4. The maximum absolute atomic E-state index is 5.52. The van der Waals surface area contributed by atoms with E-state index in [1.807, 2.05) is 72.8 Å². The molecular formula is C52H48N6O4. The third-order valence-electron chi connectivity index (χ3n) is 11.4. The fraction of sp³-hybridized carbons (Fsp3) is 0.192. The highest BCUT2D eigenvalue weighted by Gasteiger charge is 2.26. The lowest BCUT2D eigenvalue weighted by atomic mass is 10.0. The van der Waals surface area contributed by atoms with Gasteiger partial charge in [-0.1, -0.05) is 54.6 Å². The molecule has 4 heterocycles. The van der Waals surface area contributed by atoms with E-state index in [1.54, 1.807) is 28.4 Å². The number of nitrogens with zero attached hydrogens (tertiary/aromatic N) is 6. The van der Waals surface area contributed by atoms with E-state index in [2.05, 4.69) is 88.7 Å². The molecule has 62 heavy (non-hydrogen) atoms. The number of ether oxygens (including phenoxy) is 4. The molecule has 0 fully saturated rings. The van der Waals surface area contributed by atoms with E-state index in [1.165, 1.54) is 5.56 Å². The number of rotatable bonds is 16. The van der Waals surface area contributed by atoms with Gasteiger partial charge in [0.1, 0.15) is 23.0 Å².